The van der Waals surface area contributed by atoms with Gasteiger partial charge in [0.15, 0.2) is 0 Å². The molecule has 7 rings (SSSR count). The molecule has 4 saturated carbocycles. The molecule has 0 saturated heterocycles. The van der Waals surface area contributed by atoms with E-state index in [1.54, 1.807) is 24.5 Å². The van der Waals surface area contributed by atoms with Crippen molar-refractivity contribution in [1.29, 1.82) is 0 Å². The minimum atomic E-state index is -3.83. The summed E-state index contributed by atoms with van der Waals surface area (Å²) in [5, 5.41) is 3.94. The molecule has 0 unspecified atom stereocenters. The molecule has 0 radical (unpaired) electrons. The van der Waals surface area contributed by atoms with Gasteiger partial charge >= 0.3 is 0 Å². The lowest BCUT2D eigenvalue weighted by Gasteiger charge is -2.57. The normalized spacial score (nSPS) is 30.9. The topological polar surface area (TPSA) is 75.2 Å². The maximum atomic E-state index is 13.3. The van der Waals surface area contributed by atoms with Crippen molar-refractivity contribution < 1.29 is 8.42 Å². The molecule has 4 fully saturated rings. The Bertz CT molecular complexity index is 1150. The highest BCUT2D eigenvalue weighted by Gasteiger charge is 2.50. The van der Waals surface area contributed by atoms with Crippen LogP contribution in [0.5, 0.6) is 0 Å². The lowest BCUT2D eigenvalue weighted by molar-refractivity contribution is -0.0444. The van der Waals surface area contributed by atoms with E-state index in [4.69, 9.17) is 23.2 Å². The summed E-state index contributed by atoms with van der Waals surface area (Å²) in [6, 6.07) is 4.74. The summed E-state index contributed by atoms with van der Waals surface area (Å²) >= 11 is 12.4. The van der Waals surface area contributed by atoms with Crippen LogP contribution in [0.3, 0.4) is 0 Å². The average Bonchev–Trinajstić information content (AvgIpc) is 2.76. The maximum Gasteiger partial charge on any atom is 0.246 e. The zero-order chi connectivity index (χ0) is 22.8. The van der Waals surface area contributed by atoms with Crippen LogP contribution in [0.1, 0.15) is 49.8 Å². The number of anilines is 1. The summed E-state index contributed by atoms with van der Waals surface area (Å²) in [6.45, 7) is 1.49. The third-order valence-electron chi connectivity index (χ3n) is 8.28. The van der Waals surface area contributed by atoms with Crippen LogP contribution in [0.4, 0.5) is 5.82 Å². The van der Waals surface area contributed by atoms with E-state index >= 15 is 0 Å². The van der Waals surface area contributed by atoms with Gasteiger partial charge in [-0.25, -0.2) is 18.4 Å². The van der Waals surface area contributed by atoms with Gasteiger partial charge in [-0.3, -0.25) is 0 Å². The van der Waals surface area contributed by atoms with Crippen LogP contribution in [0.2, 0.25) is 10.0 Å². The molecule has 5 aliphatic rings. The van der Waals surface area contributed by atoms with E-state index in [1.807, 2.05) is 0 Å². The van der Waals surface area contributed by atoms with Gasteiger partial charge in [0.05, 0.1) is 22.3 Å². The van der Waals surface area contributed by atoms with Crippen molar-refractivity contribution in [3.05, 3.63) is 45.8 Å². The fraction of sp³-hybridized carbons (Fsp3) is 0.583. The summed E-state index contributed by atoms with van der Waals surface area (Å²) in [6.07, 6.45) is 10.4. The first-order valence-corrected chi connectivity index (χ1v) is 14.0. The molecule has 4 aliphatic carbocycles. The fourth-order valence-electron chi connectivity index (χ4n) is 7.32. The van der Waals surface area contributed by atoms with Gasteiger partial charge in [0.2, 0.25) is 10.0 Å². The lowest BCUT2D eigenvalue weighted by atomic mass is 9.49. The molecule has 1 aliphatic heterocycles. The van der Waals surface area contributed by atoms with E-state index in [-0.39, 0.29) is 21.5 Å². The Morgan fingerprint density at radius 3 is 2.30 bits per heavy atom. The number of hydrogen-bond acceptors (Lipinski definition) is 5. The number of benzene rings is 1. The number of hydrogen-bond donors (Lipinski definition) is 1. The third kappa shape index (κ3) is 3.85. The summed E-state index contributed by atoms with van der Waals surface area (Å²) in [5.41, 5.74) is 2.17. The highest BCUT2D eigenvalue weighted by Crippen LogP contribution is 2.60. The number of sulfonamides is 1. The molecule has 9 heteroatoms. The monoisotopic (exact) mass is 506 g/mol. The predicted molar refractivity (Wildman–Crippen MR) is 129 cm³/mol. The SMILES string of the molecule is O=S(=O)(c1c(Cl)cccc1Cl)N1CCc2c(ncnc2NCC23CC4CC(CC(C4)C2)C3)C1. The van der Waals surface area contributed by atoms with Crippen LogP contribution in [-0.2, 0) is 23.0 Å². The standard InChI is InChI=1S/C24H28Cl2N4O2S/c25-19-2-1-3-20(26)22(19)33(31,32)30-5-4-18-21(12-30)28-14-29-23(18)27-13-24-9-15-6-16(10-24)8-17(7-15)11-24/h1-3,14-17H,4-13H2,(H,27,28,29). The van der Waals surface area contributed by atoms with Gasteiger partial charge in [0.25, 0.3) is 0 Å². The molecule has 33 heavy (non-hydrogen) atoms. The molecular formula is C24H28Cl2N4O2S. The Kier molecular flexibility index (Phi) is 5.40. The number of aromatic nitrogens is 2. The van der Waals surface area contributed by atoms with Crippen molar-refractivity contribution >= 4 is 39.0 Å². The van der Waals surface area contributed by atoms with Crippen LogP contribution in [-0.4, -0.2) is 35.8 Å². The largest absolute Gasteiger partial charge is 0.369 e. The van der Waals surface area contributed by atoms with Crippen LogP contribution in [0.15, 0.2) is 29.4 Å². The number of nitrogens with one attached hydrogen (secondary N) is 1. The lowest BCUT2D eigenvalue weighted by Crippen LogP contribution is -2.49. The first-order valence-electron chi connectivity index (χ1n) is 11.8. The van der Waals surface area contributed by atoms with E-state index in [2.05, 4.69) is 15.3 Å². The fourth-order valence-corrected chi connectivity index (χ4v) is 9.82. The molecule has 176 valence electrons. The Labute approximate surface area is 205 Å². The van der Waals surface area contributed by atoms with Gasteiger partial charge in [-0.1, -0.05) is 29.3 Å². The smallest absolute Gasteiger partial charge is 0.246 e. The highest BCUT2D eigenvalue weighted by atomic mass is 35.5. The van der Waals surface area contributed by atoms with Gasteiger partial charge in [-0.15, -0.1) is 0 Å². The Morgan fingerprint density at radius 2 is 1.67 bits per heavy atom. The third-order valence-corrected chi connectivity index (χ3v) is 11.1. The molecule has 2 aromatic rings. The first kappa shape index (κ1) is 22.1. The molecule has 0 spiro atoms. The second kappa shape index (κ2) is 8.08. The molecule has 1 N–H and O–H groups in total. The average molecular weight is 507 g/mol. The molecule has 4 bridgehead atoms. The van der Waals surface area contributed by atoms with Gasteiger partial charge < -0.3 is 5.32 Å². The van der Waals surface area contributed by atoms with E-state index < -0.39 is 10.0 Å². The molecule has 0 amide bonds. The summed E-state index contributed by atoms with van der Waals surface area (Å²) < 4.78 is 28.0. The quantitative estimate of drug-likeness (QED) is 0.605. The minimum Gasteiger partial charge on any atom is -0.369 e. The Balaban J connectivity index is 1.21. The van der Waals surface area contributed by atoms with Crippen molar-refractivity contribution in [2.45, 2.75) is 56.4 Å². The van der Waals surface area contributed by atoms with Crippen molar-refractivity contribution in [2.75, 3.05) is 18.4 Å². The minimum absolute atomic E-state index is 0.0361. The second-order valence-corrected chi connectivity index (χ2v) is 13.2. The molecule has 1 aromatic carbocycles. The number of fused-ring (bicyclic) bond motifs is 1. The van der Waals surface area contributed by atoms with Gasteiger partial charge in [-0.2, -0.15) is 4.31 Å². The van der Waals surface area contributed by atoms with Crippen LogP contribution >= 0.6 is 23.2 Å². The summed E-state index contributed by atoms with van der Waals surface area (Å²) in [7, 11) is -3.83. The van der Waals surface area contributed by atoms with Gasteiger partial charge in [0, 0.05) is 18.7 Å². The van der Waals surface area contributed by atoms with E-state index in [0.717, 1.165) is 41.4 Å². The highest BCUT2D eigenvalue weighted by molar-refractivity contribution is 7.89. The van der Waals surface area contributed by atoms with Crippen LogP contribution in [0, 0.1) is 23.2 Å². The van der Waals surface area contributed by atoms with E-state index in [9.17, 15) is 8.42 Å². The van der Waals surface area contributed by atoms with Crippen molar-refractivity contribution in [3.63, 3.8) is 0 Å². The Hall–Kier alpha value is -1.41. The predicted octanol–water partition coefficient (Wildman–Crippen LogP) is 5.16. The first-order chi connectivity index (χ1) is 15.8. The zero-order valence-corrected chi connectivity index (χ0v) is 20.8. The Morgan fingerprint density at radius 1 is 1.03 bits per heavy atom. The number of nitrogens with zero attached hydrogens (tertiary/aromatic N) is 3. The summed E-state index contributed by atoms with van der Waals surface area (Å²) in [4.78, 5) is 8.95. The molecular weight excluding hydrogens is 479 g/mol. The second-order valence-electron chi connectivity index (χ2n) is 10.6. The zero-order valence-electron chi connectivity index (χ0n) is 18.4. The summed E-state index contributed by atoms with van der Waals surface area (Å²) in [5.74, 6) is 3.59. The molecule has 2 heterocycles. The van der Waals surface area contributed by atoms with E-state index in [1.165, 1.54) is 42.8 Å². The number of halogens is 2. The van der Waals surface area contributed by atoms with Gasteiger partial charge in [0.1, 0.15) is 17.0 Å². The van der Waals surface area contributed by atoms with Crippen molar-refractivity contribution in [2.24, 2.45) is 23.2 Å². The van der Waals surface area contributed by atoms with Crippen LogP contribution < -0.4 is 5.32 Å². The van der Waals surface area contributed by atoms with Crippen molar-refractivity contribution in [1.82, 2.24) is 14.3 Å². The van der Waals surface area contributed by atoms with Crippen molar-refractivity contribution in [3.8, 4) is 0 Å². The molecule has 6 nitrogen and oxygen atoms in total. The maximum absolute atomic E-state index is 13.3. The molecule has 1 aromatic heterocycles. The van der Waals surface area contributed by atoms with Crippen LogP contribution in [0.25, 0.3) is 0 Å². The molecule has 0 atom stereocenters. The number of rotatable bonds is 5. The van der Waals surface area contributed by atoms with E-state index in [0.29, 0.717) is 18.4 Å². The van der Waals surface area contributed by atoms with Gasteiger partial charge in [-0.05, 0) is 80.2 Å².